The Balaban J connectivity index is 1.29. The van der Waals surface area contributed by atoms with E-state index in [4.69, 9.17) is 11.6 Å². The average molecular weight is 1030 g/mol. The molecule has 2 saturated carbocycles. The number of likely N-dealkylation sites (N-methyl/N-ethyl adjacent to an activating group) is 3. The second-order valence-electron chi connectivity index (χ2n) is 19.6. The molecule has 2 aromatic rings. The van der Waals surface area contributed by atoms with Crippen LogP contribution in [0, 0.1) is 17.3 Å². The van der Waals surface area contributed by atoms with Gasteiger partial charge in [0.05, 0.1) is 16.9 Å². The van der Waals surface area contributed by atoms with E-state index in [0.717, 1.165) is 4.88 Å². The molecule has 0 bridgehead atoms. The van der Waals surface area contributed by atoms with Crippen molar-refractivity contribution in [3.8, 4) is 10.4 Å². The monoisotopic (exact) mass is 1030 g/mol. The van der Waals surface area contributed by atoms with Crippen LogP contribution in [0.1, 0.15) is 91.0 Å². The number of aromatic nitrogens is 1. The van der Waals surface area contributed by atoms with E-state index in [1.165, 1.54) is 40.0 Å². The lowest BCUT2D eigenvalue weighted by molar-refractivity contribution is -0.299. The Morgan fingerprint density at radius 2 is 1.70 bits per heavy atom. The zero-order valence-corrected chi connectivity index (χ0v) is 41.5. The Labute approximate surface area is 411 Å². The fourth-order valence-corrected chi connectivity index (χ4v) is 10.7. The van der Waals surface area contributed by atoms with Gasteiger partial charge in [0, 0.05) is 64.1 Å². The van der Waals surface area contributed by atoms with E-state index in [1.807, 2.05) is 13.8 Å². The van der Waals surface area contributed by atoms with Gasteiger partial charge in [0.15, 0.2) is 5.41 Å². The molecule has 70 heavy (non-hydrogen) atoms. The van der Waals surface area contributed by atoms with Gasteiger partial charge in [-0.25, -0.2) is 13.2 Å². The van der Waals surface area contributed by atoms with E-state index >= 15 is 0 Å². The molecule has 1 aromatic carbocycles. The Morgan fingerprint density at radius 3 is 2.29 bits per heavy atom. The van der Waals surface area contributed by atoms with Gasteiger partial charge in [0.2, 0.25) is 41.4 Å². The predicted molar refractivity (Wildman–Crippen MR) is 247 cm³/mol. The Bertz CT molecular complexity index is 2280. The lowest BCUT2D eigenvalue weighted by Crippen LogP contribution is -2.65. The first kappa shape index (κ1) is 54.3. The van der Waals surface area contributed by atoms with Gasteiger partial charge in [0.1, 0.15) is 42.4 Å². The smallest absolute Gasteiger partial charge is 0.344 e. The van der Waals surface area contributed by atoms with Crippen molar-refractivity contribution >= 4 is 64.3 Å². The second-order valence-corrected chi connectivity index (χ2v) is 20.9. The minimum Gasteiger partial charge on any atom is -0.344 e. The van der Waals surface area contributed by atoms with Crippen molar-refractivity contribution in [2.75, 3.05) is 33.7 Å². The number of alkyl halides is 6. The molecular weight excluding hydrogens is 970 g/mol. The van der Waals surface area contributed by atoms with E-state index in [9.17, 15) is 59.9 Å². The molecule has 3 heterocycles. The molecule has 4 fully saturated rings. The number of amides is 7. The van der Waals surface area contributed by atoms with Crippen molar-refractivity contribution in [3.63, 3.8) is 0 Å². The number of benzene rings is 1. The van der Waals surface area contributed by atoms with Gasteiger partial charge in [-0.05, 0) is 87.5 Å². The highest BCUT2D eigenvalue weighted by Crippen LogP contribution is 2.61. The minimum absolute atomic E-state index is 0.0137. The lowest BCUT2D eigenvalue weighted by atomic mass is 9.64. The van der Waals surface area contributed by atoms with E-state index in [0.29, 0.717) is 40.3 Å². The molecule has 6 rings (SSSR count). The number of halogens is 7. The summed E-state index contributed by atoms with van der Waals surface area (Å²) in [5, 5.41) is 8.56. The van der Waals surface area contributed by atoms with Gasteiger partial charge in [-0.1, -0.05) is 31.5 Å². The van der Waals surface area contributed by atoms with E-state index in [2.05, 4.69) is 20.9 Å². The zero-order chi connectivity index (χ0) is 51.6. The highest BCUT2D eigenvalue weighted by Gasteiger charge is 2.75. The van der Waals surface area contributed by atoms with E-state index < -0.39 is 133 Å². The molecule has 2 aliphatic carbocycles. The van der Waals surface area contributed by atoms with Crippen LogP contribution in [-0.4, -0.2) is 154 Å². The Morgan fingerprint density at radius 1 is 1.01 bits per heavy atom. The van der Waals surface area contributed by atoms with Crippen LogP contribution in [0.2, 0.25) is 5.02 Å². The number of likely N-dealkylation sites (tertiary alicyclic amines) is 1. The van der Waals surface area contributed by atoms with Crippen LogP contribution in [0.25, 0.3) is 10.4 Å². The summed E-state index contributed by atoms with van der Waals surface area (Å²) < 4.78 is 85.7. The van der Waals surface area contributed by atoms with Crippen LogP contribution in [-0.2, 0) is 40.0 Å². The summed E-state index contributed by atoms with van der Waals surface area (Å²) in [5.74, 6) is -10.7. The number of thiazole rings is 1. The number of hydrogen-bond acceptors (Lipinski definition) is 9. The molecule has 7 amide bonds. The molecule has 3 N–H and O–H groups in total. The Kier molecular flexibility index (Phi) is 16.9. The third kappa shape index (κ3) is 12.0. The molecule has 15 nitrogen and oxygen atoms in total. The van der Waals surface area contributed by atoms with Crippen LogP contribution in [0.5, 0.6) is 0 Å². The molecular formula is C47H61ClF6N8O7S. The summed E-state index contributed by atoms with van der Waals surface area (Å²) >= 11 is 7.83. The largest absolute Gasteiger partial charge is 0.403 e. The number of carbonyl (C=O) groups excluding carboxylic acids is 7. The Hall–Kier alpha value is -4.99. The van der Waals surface area contributed by atoms with Gasteiger partial charge in [-0.3, -0.25) is 38.5 Å². The van der Waals surface area contributed by atoms with Crippen molar-refractivity contribution in [3.05, 3.63) is 40.5 Å². The zero-order valence-electron chi connectivity index (χ0n) is 39.9. The topological polar surface area (TPSA) is 181 Å². The van der Waals surface area contributed by atoms with Crippen LogP contribution in [0.4, 0.5) is 26.3 Å². The first-order chi connectivity index (χ1) is 32.8. The number of hydrogen-bond donors (Lipinski definition) is 3. The average Bonchev–Trinajstić information content (AvgIpc) is 3.81. The van der Waals surface area contributed by atoms with Gasteiger partial charge in [-0.2, -0.15) is 13.2 Å². The molecule has 2 saturated heterocycles. The van der Waals surface area contributed by atoms with Crippen LogP contribution < -0.4 is 16.0 Å². The molecule has 2 aliphatic heterocycles. The number of nitrogens with zero attached hydrogens (tertiary/aromatic N) is 5. The molecule has 7 atom stereocenters. The normalized spacial score (nSPS) is 26.3. The number of carbonyl (C=O) groups is 7. The highest BCUT2D eigenvalue weighted by molar-refractivity contribution is 7.13. The maximum Gasteiger partial charge on any atom is 0.403 e. The van der Waals surface area contributed by atoms with Gasteiger partial charge in [0.25, 0.3) is 5.92 Å². The first-order valence-electron chi connectivity index (χ1n) is 23.6. The summed E-state index contributed by atoms with van der Waals surface area (Å²) in [6.07, 6.45) is -8.67. The maximum atomic E-state index is 15.0. The molecule has 0 spiro atoms. The third-order valence-electron chi connectivity index (χ3n) is 13.8. The number of nitrogens with one attached hydrogen (secondary N) is 3. The third-order valence-corrected chi connectivity index (χ3v) is 14.8. The van der Waals surface area contributed by atoms with E-state index in [1.54, 1.807) is 43.9 Å². The van der Waals surface area contributed by atoms with Crippen molar-refractivity contribution in [1.29, 1.82) is 0 Å². The van der Waals surface area contributed by atoms with Gasteiger partial charge in [-0.15, -0.1) is 11.3 Å². The van der Waals surface area contributed by atoms with E-state index in [-0.39, 0.29) is 44.7 Å². The first-order valence-corrected chi connectivity index (χ1v) is 24.8. The van der Waals surface area contributed by atoms with Crippen LogP contribution in [0.15, 0.2) is 29.9 Å². The lowest BCUT2D eigenvalue weighted by Gasteiger charge is -2.48. The molecule has 23 heteroatoms. The van der Waals surface area contributed by atoms with Gasteiger partial charge >= 0.3 is 6.18 Å². The molecule has 4 aliphatic rings. The summed E-state index contributed by atoms with van der Waals surface area (Å²) in [5.41, 5.74) is -0.549. The number of rotatable bonds is 12. The fourth-order valence-electron chi connectivity index (χ4n) is 9.83. The quantitative estimate of drug-likeness (QED) is 0.232. The summed E-state index contributed by atoms with van der Waals surface area (Å²) in [7, 11) is 2.97. The highest BCUT2D eigenvalue weighted by atomic mass is 35.5. The minimum atomic E-state index is -5.42. The molecule has 0 unspecified atom stereocenters. The molecule has 0 radical (unpaired) electrons. The van der Waals surface area contributed by atoms with Crippen LogP contribution in [0.3, 0.4) is 0 Å². The van der Waals surface area contributed by atoms with Gasteiger partial charge < -0.3 is 35.6 Å². The predicted octanol–water partition coefficient (Wildman–Crippen LogP) is 5.54. The van der Waals surface area contributed by atoms with Crippen LogP contribution >= 0.6 is 22.9 Å². The van der Waals surface area contributed by atoms with Crippen molar-refractivity contribution in [2.24, 2.45) is 17.3 Å². The van der Waals surface area contributed by atoms with Crippen molar-refractivity contribution in [1.82, 2.24) is 40.5 Å². The summed E-state index contributed by atoms with van der Waals surface area (Å²) in [4.78, 5) is 109. The summed E-state index contributed by atoms with van der Waals surface area (Å²) in [6, 6.07) is -2.86. The fraction of sp³-hybridized carbons (Fsp3) is 0.660. The van der Waals surface area contributed by atoms with Crippen molar-refractivity contribution in [2.45, 2.75) is 146 Å². The maximum absolute atomic E-state index is 15.0. The summed E-state index contributed by atoms with van der Waals surface area (Å²) in [6.45, 7) is 5.91. The second kappa shape index (κ2) is 21.8. The SMILES string of the molecule is CCN(C(=O)[C@@H](NC(=O)[C@@H]1C[C@@H](F)CN1C(=O)C1(C(F)(F)F)CC(F)(F)C1)C1CC1)[C@H]1CCCCN(C)C(=O)[C@@H](C)NC(=O)[C@H](Cc2cc(Cl)ccc2-c2cncs2)N(C)C(=O)[C@H](CC(C)C)NC1=O. The molecule has 386 valence electrons. The standard InChI is InChI=1S/C47H61ClF6N8O7S/c1-7-61(43(68)37(27-11-12-27)58-40(65)35-19-30(49)21-62(35)44(69)45(47(52,53)54)22-46(50,51)23-45)33-10-8-9-15-59(5)41(66)26(4)56-39(64)34(60(6)42(67)32(16-25(2)3)57-38(33)63)18-28-17-29(48)13-14-31(28)36-20-55-24-70-36/h13-14,17,20,24-27,30,32-35,37H,7-12,15-16,18-19,21-23H2,1-6H3,(H,56,64)(H,57,63)(H,58,65)/t26-,30-,32+,33+,34+,35+,37+/m1/s1. The van der Waals surface area contributed by atoms with Crippen molar-refractivity contribution < 1.29 is 59.9 Å². The molecule has 1 aromatic heterocycles.